The average molecular weight is 391 g/mol. The van der Waals surface area contributed by atoms with Crippen LogP contribution in [0, 0.1) is 0 Å². The maximum absolute atomic E-state index is 12.1. The summed E-state index contributed by atoms with van der Waals surface area (Å²) in [6.07, 6.45) is -4.27. The fraction of sp³-hybridized carbons (Fsp3) is 0.583. The van der Waals surface area contributed by atoms with Crippen molar-refractivity contribution in [3.05, 3.63) is 16.7 Å². The average Bonchev–Trinajstić information content (AvgIpc) is 3.09. The van der Waals surface area contributed by atoms with Gasteiger partial charge in [-0.2, -0.15) is 4.98 Å². The minimum absolute atomic E-state index is 0.0117. The Morgan fingerprint density at radius 3 is 2.85 bits per heavy atom. The van der Waals surface area contributed by atoms with Gasteiger partial charge in [-0.15, -0.1) is 0 Å². The van der Waals surface area contributed by atoms with Crippen LogP contribution in [0.3, 0.4) is 0 Å². The first-order valence-corrected chi connectivity index (χ1v) is 9.17. The number of anilines is 1. The Morgan fingerprint density at radius 2 is 2.23 bits per heavy atom. The number of hydrogen-bond acceptors (Lipinski definition) is 9. The molecular formula is C12H18N5O8P. The Balaban J connectivity index is 2.01. The van der Waals surface area contributed by atoms with E-state index in [2.05, 4.69) is 24.8 Å². The fourth-order valence-electron chi connectivity index (χ4n) is 2.75. The van der Waals surface area contributed by atoms with E-state index in [1.54, 1.807) is 6.92 Å². The summed E-state index contributed by atoms with van der Waals surface area (Å²) in [5, 5.41) is 22.6. The predicted octanol–water partition coefficient (Wildman–Crippen LogP) is -1.72. The number of H-pyrrole nitrogens is 1. The molecule has 144 valence electrons. The highest BCUT2D eigenvalue weighted by Gasteiger charge is 2.48. The van der Waals surface area contributed by atoms with Crippen LogP contribution in [0.25, 0.3) is 11.2 Å². The number of aliphatic hydroxyl groups excluding tert-OH is 2. The second kappa shape index (κ2) is 7.04. The van der Waals surface area contributed by atoms with E-state index in [1.807, 2.05) is 0 Å². The molecule has 6 N–H and O–H groups in total. The summed E-state index contributed by atoms with van der Waals surface area (Å²) in [5.74, 6) is 0.181. The molecule has 1 saturated heterocycles. The van der Waals surface area contributed by atoms with Gasteiger partial charge < -0.3 is 30.1 Å². The number of fused-ring (bicyclic) bond motifs is 1. The van der Waals surface area contributed by atoms with Crippen LogP contribution >= 0.6 is 7.82 Å². The molecule has 0 aromatic carbocycles. The van der Waals surface area contributed by atoms with Gasteiger partial charge in [0.15, 0.2) is 17.4 Å². The van der Waals surface area contributed by atoms with E-state index in [9.17, 15) is 19.6 Å². The van der Waals surface area contributed by atoms with Gasteiger partial charge in [-0.1, -0.05) is 0 Å². The van der Waals surface area contributed by atoms with Crippen molar-refractivity contribution in [2.45, 2.75) is 31.5 Å². The van der Waals surface area contributed by atoms with E-state index >= 15 is 0 Å². The van der Waals surface area contributed by atoms with Gasteiger partial charge in [-0.3, -0.25) is 18.9 Å². The van der Waals surface area contributed by atoms with E-state index in [0.717, 1.165) is 0 Å². The topological polar surface area (TPSA) is 192 Å². The monoisotopic (exact) mass is 391 g/mol. The van der Waals surface area contributed by atoms with E-state index in [4.69, 9.17) is 14.5 Å². The maximum Gasteiger partial charge on any atom is 0.470 e. The SMILES string of the molecule is CCNc1nc2c(ncn2[C@@H]2O[C@H](CO)[C@@H](OP(=O)(O)O)[C@H]2O)c(=O)[nH]1. The lowest BCUT2D eigenvalue weighted by molar-refractivity contribution is -0.0509. The number of aromatic nitrogens is 4. The Morgan fingerprint density at radius 1 is 1.50 bits per heavy atom. The number of aliphatic hydroxyl groups is 2. The number of hydrogen-bond donors (Lipinski definition) is 6. The molecule has 2 aromatic rings. The molecule has 0 spiro atoms. The van der Waals surface area contributed by atoms with Gasteiger partial charge in [0.25, 0.3) is 5.56 Å². The first-order chi connectivity index (χ1) is 12.2. The van der Waals surface area contributed by atoms with E-state index in [-0.39, 0.29) is 17.1 Å². The van der Waals surface area contributed by atoms with Crippen LogP contribution in [0.4, 0.5) is 5.95 Å². The molecule has 26 heavy (non-hydrogen) atoms. The quantitative estimate of drug-likeness (QED) is 0.307. The molecule has 1 aliphatic heterocycles. The molecular weight excluding hydrogens is 373 g/mol. The molecule has 2 aromatic heterocycles. The summed E-state index contributed by atoms with van der Waals surface area (Å²) in [4.78, 5) is 40.7. The highest BCUT2D eigenvalue weighted by Crippen LogP contribution is 2.44. The van der Waals surface area contributed by atoms with Gasteiger partial charge in [-0.25, -0.2) is 9.55 Å². The normalized spacial score (nSPS) is 26.5. The lowest BCUT2D eigenvalue weighted by atomic mass is 10.1. The van der Waals surface area contributed by atoms with Crippen LogP contribution in [0.1, 0.15) is 13.2 Å². The summed E-state index contributed by atoms with van der Waals surface area (Å²) >= 11 is 0. The lowest BCUT2D eigenvalue weighted by Gasteiger charge is -2.20. The number of aromatic amines is 1. The van der Waals surface area contributed by atoms with Crippen LogP contribution in [0.2, 0.25) is 0 Å². The molecule has 0 amide bonds. The third kappa shape index (κ3) is 3.50. The van der Waals surface area contributed by atoms with E-state index in [1.165, 1.54) is 10.9 Å². The van der Waals surface area contributed by atoms with Crippen LogP contribution in [0.5, 0.6) is 0 Å². The third-order valence-corrected chi connectivity index (χ3v) is 4.32. The van der Waals surface area contributed by atoms with Crippen molar-refractivity contribution in [2.24, 2.45) is 0 Å². The fourth-order valence-corrected chi connectivity index (χ4v) is 3.33. The summed E-state index contributed by atoms with van der Waals surface area (Å²) in [5.41, 5.74) is -0.441. The summed E-state index contributed by atoms with van der Waals surface area (Å²) in [7, 11) is -4.94. The van der Waals surface area contributed by atoms with Crippen molar-refractivity contribution < 1.29 is 33.8 Å². The van der Waals surface area contributed by atoms with Gasteiger partial charge in [0.1, 0.15) is 18.3 Å². The number of ether oxygens (including phenoxy) is 1. The number of rotatable bonds is 6. The third-order valence-electron chi connectivity index (χ3n) is 3.80. The molecule has 3 heterocycles. The van der Waals surface area contributed by atoms with Gasteiger partial charge in [0.2, 0.25) is 5.95 Å². The molecule has 0 unspecified atom stereocenters. The minimum Gasteiger partial charge on any atom is -0.394 e. The molecule has 0 saturated carbocycles. The molecule has 13 nitrogen and oxygen atoms in total. The van der Waals surface area contributed by atoms with Crippen molar-refractivity contribution >= 4 is 24.9 Å². The molecule has 0 aliphatic carbocycles. The maximum atomic E-state index is 12.1. The van der Waals surface area contributed by atoms with Gasteiger partial charge >= 0.3 is 7.82 Å². The first kappa shape index (κ1) is 18.9. The van der Waals surface area contributed by atoms with Crippen LogP contribution in [-0.4, -0.2) is 71.0 Å². The zero-order valence-electron chi connectivity index (χ0n) is 13.5. The molecule has 0 radical (unpaired) electrons. The zero-order chi connectivity index (χ0) is 19.1. The van der Waals surface area contributed by atoms with Crippen molar-refractivity contribution in [1.82, 2.24) is 19.5 Å². The molecule has 4 atom stereocenters. The van der Waals surface area contributed by atoms with Crippen molar-refractivity contribution in [2.75, 3.05) is 18.5 Å². The standard InChI is InChI=1S/C12H18N5O8P/c1-2-13-12-15-9-6(10(20)16-12)14-4-17(9)11-7(19)8(5(3-18)24-11)25-26(21,22)23/h4-5,7-8,11,18-19H,2-3H2,1H3,(H2,21,22,23)(H2,13,15,16,20)/t5-,7-,8-,11-/m1/s1. The van der Waals surface area contributed by atoms with Gasteiger partial charge in [-0.05, 0) is 6.92 Å². The molecule has 14 heteroatoms. The number of nitrogens with zero attached hydrogens (tertiary/aromatic N) is 3. The van der Waals surface area contributed by atoms with E-state index in [0.29, 0.717) is 6.54 Å². The summed E-state index contributed by atoms with van der Waals surface area (Å²) < 4.78 is 22.3. The molecule has 3 rings (SSSR count). The van der Waals surface area contributed by atoms with Crippen LogP contribution in [-0.2, 0) is 13.8 Å². The highest BCUT2D eigenvalue weighted by atomic mass is 31.2. The second-order valence-electron chi connectivity index (χ2n) is 5.57. The van der Waals surface area contributed by atoms with Crippen molar-refractivity contribution in [3.63, 3.8) is 0 Å². The Labute approximate surface area is 145 Å². The largest absolute Gasteiger partial charge is 0.470 e. The second-order valence-corrected chi connectivity index (χ2v) is 6.76. The minimum atomic E-state index is -4.94. The number of phosphoric ester groups is 1. The van der Waals surface area contributed by atoms with Crippen LogP contribution < -0.4 is 10.9 Å². The number of imidazole rings is 1. The van der Waals surface area contributed by atoms with Crippen molar-refractivity contribution in [1.29, 1.82) is 0 Å². The van der Waals surface area contributed by atoms with Crippen LogP contribution in [0.15, 0.2) is 11.1 Å². The summed E-state index contributed by atoms with van der Waals surface area (Å²) in [6, 6.07) is 0. The number of nitrogens with one attached hydrogen (secondary N) is 2. The summed E-state index contributed by atoms with van der Waals surface area (Å²) in [6.45, 7) is 1.65. The molecule has 1 aliphatic rings. The molecule has 1 fully saturated rings. The Hall–Kier alpha value is -1.86. The first-order valence-electron chi connectivity index (χ1n) is 7.64. The van der Waals surface area contributed by atoms with Crippen molar-refractivity contribution in [3.8, 4) is 0 Å². The van der Waals surface area contributed by atoms with Gasteiger partial charge in [0, 0.05) is 6.54 Å². The zero-order valence-corrected chi connectivity index (χ0v) is 14.4. The van der Waals surface area contributed by atoms with E-state index < -0.39 is 44.5 Å². The Kier molecular flexibility index (Phi) is 5.12. The van der Waals surface area contributed by atoms with Gasteiger partial charge in [0.05, 0.1) is 12.9 Å². The smallest absolute Gasteiger partial charge is 0.394 e. The highest BCUT2D eigenvalue weighted by molar-refractivity contribution is 7.46. The predicted molar refractivity (Wildman–Crippen MR) is 86.2 cm³/mol. The number of phosphoric acid groups is 1. The molecule has 0 bridgehead atoms. The lowest BCUT2D eigenvalue weighted by Crippen LogP contribution is -2.35. The Bertz CT molecular complexity index is 893.